The highest BCUT2D eigenvalue weighted by atomic mass is 19.1. The molecule has 5 nitrogen and oxygen atoms in total. The molecule has 1 amide bonds. The number of nitrogens with one attached hydrogen (secondary N) is 1. The minimum absolute atomic E-state index is 0.0533. The van der Waals surface area contributed by atoms with Crippen LogP contribution in [0, 0.1) is 25.6 Å². The van der Waals surface area contributed by atoms with E-state index in [0.717, 1.165) is 28.2 Å². The molecule has 2 atom stereocenters. The maximum absolute atomic E-state index is 15.5. The van der Waals surface area contributed by atoms with Gasteiger partial charge in [0.2, 0.25) is 5.91 Å². The largest absolute Gasteiger partial charge is 0.372 e. The number of halogens is 1. The van der Waals surface area contributed by atoms with Crippen molar-refractivity contribution in [2.24, 2.45) is 5.92 Å². The Morgan fingerprint density at radius 2 is 1.77 bits per heavy atom. The molecule has 162 valence electrons. The van der Waals surface area contributed by atoms with Crippen molar-refractivity contribution in [3.05, 3.63) is 47.0 Å². The summed E-state index contributed by atoms with van der Waals surface area (Å²) in [6.07, 6.45) is 0.150. The molecule has 30 heavy (non-hydrogen) atoms. The molecule has 1 aliphatic heterocycles. The molecular weight excluding hydrogens is 381 g/mol. The molecule has 3 rings (SSSR count). The van der Waals surface area contributed by atoms with Gasteiger partial charge in [-0.3, -0.25) is 9.78 Å². The Morgan fingerprint density at radius 1 is 1.17 bits per heavy atom. The topological polar surface area (TPSA) is 54.5 Å². The molecule has 0 radical (unpaired) electrons. The third kappa shape index (κ3) is 5.17. The zero-order valence-electron chi connectivity index (χ0n) is 18.8. The minimum Gasteiger partial charge on any atom is -0.372 e. The lowest BCUT2D eigenvalue weighted by atomic mass is 9.96. The van der Waals surface area contributed by atoms with Crippen molar-refractivity contribution in [2.75, 3.05) is 18.0 Å². The fourth-order valence-electron chi connectivity index (χ4n) is 4.05. The molecule has 2 heterocycles. The van der Waals surface area contributed by atoms with E-state index in [2.05, 4.69) is 15.2 Å². The molecule has 1 aromatic heterocycles. The summed E-state index contributed by atoms with van der Waals surface area (Å²) in [5.41, 5.74) is 4.54. The number of amides is 1. The molecule has 0 spiro atoms. The van der Waals surface area contributed by atoms with Gasteiger partial charge in [0.05, 0.1) is 12.2 Å². The first kappa shape index (κ1) is 22.2. The summed E-state index contributed by atoms with van der Waals surface area (Å²) in [5, 5.41) is 2.95. The van der Waals surface area contributed by atoms with Crippen LogP contribution in [0.5, 0.6) is 0 Å². The molecule has 0 saturated carbocycles. The van der Waals surface area contributed by atoms with Gasteiger partial charge in [-0.1, -0.05) is 13.8 Å². The summed E-state index contributed by atoms with van der Waals surface area (Å²) >= 11 is 0. The smallest absolute Gasteiger partial charge is 0.222 e. The van der Waals surface area contributed by atoms with E-state index >= 15 is 4.39 Å². The number of morpholine rings is 1. The fourth-order valence-corrected chi connectivity index (χ4v) is 4.05. The SMILES string of the molecule is Cc1cc(-c2c(F)cc(N3CC(C)OC(C)C3)cc2CNC(=O)C(C)C)cc(C)n1. The summed E-state index contributed by atoms with van der Waals surface area (Å²) < 4.78 is 21.3. The number of benzene rings is 1. The Kier molecular flexibility index (Phi) is 6.76. The molecule has 1 saturated heterocycles. The summed E-state index contributed by atoms with van der Waals surface area (Å²) in [7, 11) is 0. The first-order chi connectivity index (χ1) is 14.1. The average Bonchev–Trinajstić information content (AvgIpc) is 2.63. The number of pyridine rings is 1. The van der Waals surface area contributed by atoms with Crippen molar-refractivity contribution in [1.82, 2.24) is 10.3 Å². The first-order valence-electron chi connectivity index (χ1n) is 10.6. The second-order valence-corrected chi connectivity index (χ2v) is 8.64. The summed E-state index contributed by atoms with van der Waals surface area (Å²) in [6.45, 7) is 13.2. The van der Waals surface area contributed by atoms with Crippen LogP contribution in [-0.2, 0) is 16.1 Å². The highest BCUT2D eigenvalue weighted by Gasteiger charge is 2.24. The van der Waals surface area contributed by atoms with Crippen LogP contribution in [-0.4, -0.2) is 36.2 Å². The van der Waals surface area contributed by atoms with Gasteiger partial charge in [-0.05, 0) is 63.1 Å². The molecule has 0 aliphatic carbocycles. The predicted octanol–water partition coefficient (Wildman–Crippen LogP) is 4.39. The van der Waals surface area contributed by atoms with Gasteiger partial charge in [0.25, 0.3) is 0 Å². The second-order valence-electron chi connectivity index (χ2n) is 8.64. The number of ether oxygens (including phenoxy) is 1. The number of aryl methyl sites for hydroxylation is 2. The molecule has 2 aromatic rings. The monoisotopic (exact) mass is 413 g/mol. The van der Waals surface area contributed by atoms with E-state index in [-0.39, 0.29) is 36.4 Å². The number of anilines is 1. The van der Waals surface area contributed by atoms with Gasteiger partial charge in [0.1, 0.15) is 5.82 Å². The number of hydrogen-bond donors (Lipinski definition) is 1. The minimum atomic E-state index is -0.293. The lowest BCUT2D eigenvalue weighted by Gasteiger charge is -2.37. The van der Waals surface area contributed by atoms with Gasteiger partial charge in [0.15, 0.2) is 0 Å². The molecule has 2 unspecified atom stereocenters. The van der Waals surface area contributed by atoms with Crippen LogP contribution < -0.4 is 10.2 Å². The molecule has 1 N–H and O–H groups in total. The number of carbonyl (C=O) groups excluding carboxylic acids is 1. The number of hydrogen-bond acceptors (Lipinski definition) is 4. The van der Waals surface area contributed by atoms with Crippen LogP contribution >= 0.6 is 0 Å². The standard InChI is InChI=1S/C24H32FN3O2/c1-14(2)24(29)26-11-20-9-21(28-12-17(5)30-18(6)13-28)10-22(25)23(20)19-7-15(3)27-16(4)8-19/h7-10,14,17-18H,11-13H2,1-6H3,(H,26,29). The van der Waals surface area contributed by atoms with Crippen LogP contribution in [0.4, 0.5) is 10.1 Å². The number of rotatable bonds is 5. The zero-order valence-corrected chi connectivity index (χ0v) is 18.8. The quantitative estimate of drug-likeness (QED) is 0.790. The molecule has 1 aromatic carbocycles. The van der Waals surface area contributed by atoms with Crippen molar-refractivity contribution in [3.8, 4) is 11.1 Å². The molecule has 0 bridgehead atoms. The van der Waals surface area contributed by atoms with Crippen LogP contribution in [0.2, 0.25) is 0 Å². The van der Waals surface area contributed by atoms with Crippen LogP contribution in [0.3, 0.4) is 0 Å². The number of nitrogens with zero attached hydrogens (tertiary/aromatic N) is 2. The van der Waals surface area contributed by atoms with Crippen molar-refractivity contribution in [2.45, 2.75) is 60.3 Å². The van der Waals surface area contributed by atoms with Crippen molar-refractivity contribution >= 4 is 11.6 Å². The Hall–Kier alpha value is -2.47. The van der Waals surface area contributed by atoms with E-state index < -0.39 is 0 Å². The van der Waals surface area contributed by atoms with Crippen LogP contribution in [0.25, 0.3) is 11.1 Å². The third-order valence-corrected chi connectivity index (χ3v) is 5.29. The first-order valence-corrected chi connectivity index (χ1v) is 10.6. The summed E-state index contributed by atoms with van der Waals surface area (Å²) in [5.74, 6) is -0.478. The maximum atomic E-state index is 15.5. The lowest BCUT2D eigenvalue weighted by molar-refractivity contribution is -0.124. The molecule has 1 fully saturated rings. The Bertz CT molecular complexity index is 899. The van der Waals surface area contributed by atoms with E-state index in [1.807, 2.05) is 59.7 Å². The Balaban J connectivity index is 2.05. The van der Waals surface area contributed by atoms with Gasteiger partial charge in [-0.15, -0.1) is 0 Å². The van der Waals surface area contributed by atoms with Gasteiger partial charge in [0, 0.05) is 48.2 Å². The van der Waals surface area contributed by atoms with Crippen molar-refractivity contribution < 1.29 is 13.9 Å². The summed E-state index contributed by atoms with van der Waals surface area (Å²) in [6, 6.07) is 7.36. The van der Waals surface area contributed by atoms with E-state index in [1.54, 1.807) is 6.07 Å². The number of carbonyl (C=O) groups is 1. The normalized spacial score (nSPS) is 19.3. The van der Waals surface area contributed by atoms with Gasteiger partial charge in [-0.2, -0.15) is 0 Å². The van der Waals surface area contributed by atoms with E-state index in [1.165, 1.54) is 0 Å². The Morgan fingerprint density at radius 3 is 2.33 bits per heavy atom. The molecular formula is C24H32FN3O2. The highest BCUT2D eigenvalue weighted by Crippen LogP contribution is 2.33. The van der Waals surface area contributed by atoms with Crippen molar-refractivity contribution in [3.63, 3.8) is 0 Å². The van der Waals surface area contributed by atoms with E-state index in [4.69, 9.17) is 4.74 Å². The summed E-state index contributed by atoms with van der Waals surface area (Å²) in [4.78, 5) is 18.8. The Labute approximate surface area is 178 Å². The fraction of sp³-hybridized carbons (Fsp3) is 0.500. The third-order valence-electron chi connectivity index (χ3n) is 5.29. The van der Waals surface area contributed by atoms with E-state index in [0.29, 0.717) is 18.7 Å². The molecule has 6 heteroatoms. The zero-order chi connectivity index (χ0) is 22.0. The highest BCUT2D eigenvalue weighted by molar-refractivity contribution is 5.79. The average molecular weight is 414 g/mol. The number of aromatic nitrogens is 1. The van der Waals surface area contributed by atoms with Crippen molar-refractivity contribution in [1.29, 1.82) is 0 Å². The predicted molar refractivity (Wildman–Crippen MR) is 118 cm³/mol. The van der Waals surface area contributed by atoms with Crippen LogP contribution in [0.15, 0.2) is 24.3 Å². The maximum Gasteiger partial charge on any atom is 0.222 e. The van der Waals surface area contributed by atoms with E-state index in [9.17, 15) is 4.79 Å². The van der Waals surface area contributed by atoms with Gasteiger partial charge < -0.3 is 15.0 Å². The lowest BCUT2D eigenvalue weighted by Crippen LogP contribution is -2.45. The van der Waals surface area contributed by atoms with Gasteiger partial charge >= 0.3 is 0 Å². The molecule has 1 aliphatic rings. The second kappa shape index (κ2) is 9.13. The van der Waals surface area contributed by atoms with Gasteiger partial charge in [-0.25, -0.2) is 4.39 Å². The van der Waals surface area contributed by atoms with Crippen LogP contribution in [0.1, 0.15) is 44.6 Å².